The van der Waals surface area contributed by atoms with E-state index in [1.165, 1.54) is 5.57 Å². The average Bonchev–Trinajstić information content (AvgIpc) is 2.37. The number of hydrogen-bond donors (Lipinski definition) is 0. The van der Waals surface area contributed by atoms with Crippen LogP contribution in [0.1, 0.15) is 33.6 Å². The van der Waals surface area contributed by atoms with E-state index in [1.807, 2.05) is 7.05 Å². The first-order chi connectivity index (χ1) is 6.37. The molecule has 0 atom stereocenters. The fourth-order valence-corrected chi connectivity index (χ4v) is 2.31. The lowest BCUT2D eigenvalue weighted by Crippen LogP contribution is -2.27. The zero-order valence-electron chi connectivity index (χ0n) is 9.35. The second-order valence-corrected chi connectivity index (χ2v) is 5.10. The van der Waals surface area contributed by atoms with Crippen LogP contribution in [-0.4, -0.2) is 23.7 Å². The number of hydrogen-bond acceptors (Lipinski definition) is 1. The van der Waals surface area contributed by atoms with E-state index >= 15 is 0 Å². The van der Waals surface area contributed by atoms with Crippen molar-refractivity contribution in [3.05, 3.63) is 11.3 Å². The molecule has 0 bridgehead atoms. The average molecular weight is 216 g/mol. The SMILES string of the molecule is CC1=C(N(C)C(=O)CCl)CC(C)(C)C1. The molecule has 0 aliphatic heterocycles. The van der Waals surface area contributed by atoms with Gasteiger partial charge in [0.15, 0.2) is 0 Å². The maximum Gasteiger partial charge on any atom is 0.241 e. The Hall–Kier alpha value is -0.500. The summed E-state index contributed by atoms with van der Waals surface area (Å²) in [7, 11) is 1.81. The smallest absolute Gasteiger partial charge is 0.241 e. The van der Waals surface area contributed by atoms with Crippen LogP contribution in [0, 0.1) is 5.41 Å². The van der Waals surface area contributed by atoms with Gasteiger partial charge in [-0.25, -0.2) is 0 Å². The van der Waals surface area contributed by atoms with Gasteiger partial charge in [-0.2, -0.15) is 0 Å². The number of alkyl halides is 1. The summed E-state index contributed by atoms with van der Waals surface area (Å²) in [4.78, 5) is 13.1. The molecule has 1 amide bonds. The maximum absolute atomic E-state index is 11.4. The fourth-order valence-electron chi connectivity index (χ4n) is 2.13. The molecule has 1 aliphatic carbocycles. The third-order valence-electron chi connectivity index (χ3n) is 2.78. The molecule has 0 saturated carbocycles. The highest BCUT2D eigenvalue weighted by Crippen LogP contribution is 2.41. The molecule has 2 nitrogen and oxygen atoms in total. The topological polar surface area (TPSA) is 20.3 Å². The van der Waals surface area contributed by atoms with Crippen LogP contribution in [0.25, 0.3) is 0 Å². The maximum atomic E-state index is 11.4. The Morgan fingerprint density at radius 1 is 1.50 bits per heavy atom. The van der Waals surface area contributed by atoms with Crippen LogP contribution >= 0.6 is 11.6 Å². The molecular formula is C11H18ClNO. The first kappa shape index (κ1) is 11.6. The van der Waals surface area contributed by atoms with E-state index in [0.29, 0.717) is 5.41 Å². The first-order valence-corrected chi connectivity index (χ1v) is 5.42. The van der Waals surface area contributed by atoms with Crippen LogP contribution < -0.4 is 0 Å². The third kappa shape index (κ3) is 2.30. The molecule has 0 saturated heterocycles. The molecule has 14 heavy (non-hydrogen) atoms. The van der Waals surface area contributed by atoms with Gasteiger partial charge in [0.25, 0.3) is 0 Å². The molecule has 0 N–H and O–H groups in total. The molecule has 0 heterocycles. The number of allylic oxidation sites excluding steroid dienone is 2. The van der Waals surface area contributed by atoms with E-state index < -0.39 is 0 Å². The third-order valence-corrected chi connectivity index (χ3v) is 3.00. The Kier molecular flexibility index (Phi) is 3.25. The molecule has 0 aromatic heterocycles. The number of amides is 1. The van der Waals surface area contributed by atoms with E-state index in [0.717, 1.165) is 18.5 Å². The van der Waals surface area contributed by atoms with Crippen LogP contribution in [0.3, 0.4) is 0 Å². The Labute approximate surface area is 90.9 Å². The molecule has 1 aliphatic rings. The van der Waals surface area contributed by atoms with Gasteiger partial charge in [0.1, 0.15) is 5.88 Å². The molecule has 0 spiro atoms. The van der Waals surface area contributed by atoms with Crippen LogP contribution in [0.4, 0.5) is 0 Å². The summed E-state index contributed by atoms with van der Waals surface area (Å²) >= 11 is 5.53. The fraction of sp³-hybridized carbons (Fsp3) is 0.727. The van der Waals surface area contributed by atoms with Gasteiger partial charge in [0.2, 0.25) is 5.91 Å². The van der Waals surface area contributed by atoms with Gasteiger partial charge in [-0.3, -0.25) is 4.79 Å². The monoisotopic (exact) mass is 215 g/mol. The zero-order chi connectivity index (χ0) is 10.9. The lowest BCUT2D eigenvalue weighted by atomic mass is 9.89. The molecule has 0 radical (unpaired) electrons. The summed E-state index contributed by atoms with van der Waals surface area (Å²) in [6, 6.07) is 0. The molecular weight excluding hydrogens is 198 g/mol. The van der Waals surface area contributed by atoms with Crippen molar-refractivity contribution in [2.45, 2.75) is 33.6 Å². The summed E-state index contributed by atoms with van der Waals surface area (Å²) in [5.74, 6) is 0.0481. The number of rotatable bonds is 2. The van der Waals surface area contributed by atoms with E-state index in [1.54, 1.807) is 4.90 Å². The minimum absolute atomic E-state index is 0.0151. The summed E-state index contributed by atoms with van der Waals surface area (Å²) in [6.45, 7) is 6.55. The first-order valence-electron chi connectivity index (χ1n) is 4.88. The highest BCUT2D eigenvalue weighted by molar-refractivity contribution is 6.27. The summed E-state index contributed by atoms with van der Waals surface area (Å²) in [5.41, 5.74) is 2.76. The van der Waals surface area contributed by atoms with Crippen molar-refractivity contribution in [3.63, 3.8) is 0 Å². The van der Waals surface area contributed by atoms with Crippen molar-refractivity contribution in [3.8, 4) is 0 Å². The number of carbonyl (C=O) groups is 1. The van der Waals surface area contributed by atoms with Crippen molar-refractivity contribution < 1.29 is 4.79 Å². The van der Waals surface area contributed by atoms with Crippen molar-refractivity contribution in [1.29, 1.82) is 0 Å². The minimum Gasteiger partial charge on any atom is -0.318 e. The zero-order valence-corrected chi connectivity index (χ0v) is 10.1. The van der Waals surface area contributed by atoms with Gasteiger partial charge in [-0.1, -0.05) is 19.4 Å². The van der Waals surface area contributed by atoms with E-state index in [4.69, 9.17) is 11.6 Å². The van der Waals surface area contributed by atoms with Crippen LogP contribution in [0.5, 0.6) is 0 Å². The van der Waals surface area contributed by atoms with Crippen LogP contribution in [-0.2, 0) is 4.79 Å². The Morgan fingerprint density at radius 2 is 2.07 bits per heavy atom. The van der Waals surface area contributed by atoms with E-state index in [-0.39, 0.29) is 11.8 Å². The van der Waals surface area contributed by atoms with Crippen molar-refractivity contribution in [2.24, 2.45) is 5.41 Å². The predicted octanol–water partition coefficient (Wildman–Crippen LogP) is 2.78. The lowest BCUT2D eigenvalue weighted by Gasteiger charge is -2.22. The van der Waals surface area contributed by atoms with Crippen molar-refractivity contribution in [2.75, 3.05) is 12.9 Å². The quantitative estimate of drug-likeness (QED) is 0.649. The standard InChI is InChI=1S/C11H18ClNO/c1-8-5-11(2,3)6-9(8)13(4)10(14)7-12/h5-7H2,1-4H3. The van der Waals surface area contributed by atoms with Gasteiger partial charge >= 0.3 is 0 Å². The summed E-state index contributed by atoms with van der Waals surface area (Å²) in [5, 5.41) is 0. The summed E-state index contributed by atoms with van der Waals surface area (Å²) < 4.78 is 0. The lowest BCUT2D eigenvalue weighted by molar-refractivity contribution is -0.125. The predicted molar refractivity (Wildman–Crippen MR) is 59.2 cm³/mol. The van der Waals surface area contributed by atoms with E-state index in [9.17, 15) is 4.79 Å². The van der Waals surface area contributed by atoms with Gasteiger partial charge in [0, 0.05) is 12.7 Å². The van der Waals surface area contributed by atoms with Crippen LogP contribution in [0.2, 0.25) is 0 Å². The largest absolute Gasteiger partial charge is 0.318 e. The van der Waals surface area contributed by atoms with Gasteiger partial charge in [-0.05, 0) is 25.2 Å². The molecule has 0 aromatic carbocycles. The Balaban J connectivity index is 2.79. The van der Waals surface area contributed by atoms with Gasteiger partial charge in [0.05, 0.1) is 0 Å². The number of halogens is 1. The van der Waals surface area contributed by atoms with Crippen molar-refractivity contribution in [1.82, 2.24) is 4.90 Å². The molecule has 1 rings (SSSR count). The molecule has 80 valence electrons. The van der Waals surface area contributed by atoms with Crippen LogP contribution in [0.15, 0.2) is 11.3 Å². The molecule has 0 aromatic rings. The Morgan fingerprint density at radius 3 is 2.43 bits per heavy atom. The molecule has 3 heteroatoms. The normalized spacial score (nSPS) is 20.1. The Bertz CT molecular complexity index is 281. The molecule has 0 unspecified atom stereocenters. The second-order valence-electron chi connectivity index (χ2n) is 4.83. The molecule has 0 fully saturated rings. The summed E-state index contributed by atoms with van der Waals surface area (Å²) in [6.07, 6.45) is 2.04. The van der Waals surface area contributed by atoms with Crippen molar-refractivity contribution >= 4 is 17.5 Å². The highest BCUT2D eigenvalue weighted by atomic mass is 35.5. The number of carbonyl (C=O) groups excluding carboxylic acids is 1. The van der Waals surface area contributed by atoms with E-state index in [2.05, 4.69) is 20.8 Å². The van der Waals surface area contributed by atoms with Gasteiger partial charge < -0.3 is 4.90 Å². The second kappa shape index (κ2) is 3.93. The van der Waals surface area contributed by atoms with Gasteiger partial charge in [-0.15, -0.1) is 11.6 Å². The number of nitrogens with zero attached hydrogens (tertiary/aromatic N) is 1. The minimum atomic E-state index is -0.0151. The highest BCUT2D eigenvalue weighted by Gasteiger charge is 2.31.